The average Bonchev–Trinajstić information content (AvgIpc) is 3.19. The van der Waals surface area contributed by atoms with Crippen molar-refractivity contribution >= 4 is 33.4 Å². The van der Waals surface area contributed by atoms with Crippen LogP contribution in [0, 0.1) is 5.92 Å². The summed E-state index contributed by atoms with van der Waals surface area (Å²) in [5, 5.41) is 8.17. The van der Waals surface area contributed by atoms with Crippen LogP contribution in [0.2, 0.25) is 0 Å². The van der Waals surface area contributed by atoms with Gasteiger partial charge in [0.2, 0.25) is 11.8 Å². The number of aryl methyl sites for hydroxylation is 1. The van der Waals surface area contributed by atoms with Crippen molar-refractivity contribution in [2.24, 2.45) is 23.1 Å². The molecule has 52 heavy (non-hydrogen) atoms. The molecule has 1 heterocycles. The Labute approximate surface area is 311 Å². The maximum atomic E-state index is 14.4. The van der Waals surface area contributed by atoms with Gasteiger partial charge < -0.3 is 32.3 Å². The van der Waals surface area contributed by atoms with E-state index in [9.17, 15) is 9.59 Å². The van der Waals surface area contributed by atoms with Crippen molar-refractivity contribution in [2.45, 2.75) is 95.2 Å². The van der Waals surface area contributed by atoms with Gasteiger partial charge in [-0.15, -0.1) is 0 Å². The molecule has 1 saturated heterocycles. The van der Waals surface area contributed by atoms with E-state index in [0.717, 1.165) is 49.7 Å². The van der Waals surface area contributed by atoms with Crippen LogP contribution >= 0.6 is 0 Å². The van der Waals surface area contributed by atoms with Gasteiger partial charge in [-0.05, 0) is 84.3 Å². The summed E-state index contributed by atoms with van der Waals surface area (Å²) in [5.41, 5.74) is 19.2. The summed E-state index contributed by atoms with van der Waals surface area (Å²) in [6, 6.07) is 28.9. The van der Waals surface area contributed by atoms with Crippen molar-refractivity contribution in [1.82, 2.24) is 15.1 Å². The van der Waals surface area contributed by atoms with Crippen LogP contribution < -0.4 is 22.5 Å². The van der Waals surface area contributed by atoms with Crippen LogP contribution in [0.3, 0.4) is 0 Å². The molecule has 3 atom stereocenters. The van der Waals surface area contributed by atoms with Gasteiger partial charge in [-0.2, -0.15) is 0 Å². The Hall–Kier alpha value is -3.82. The minimum Gasteiger partial charge on any atom is -0.336 e. The number of unbranched alkanes of at least 4 members (excludes halogenated alkanes) is 1. The lowest BCUT2D eigenvalue weighted by Gasteiger charge is -2.48. The molecule has 0 spiro atoms. The summed E-state index contributed by atoms with van der Waals surface area (Å²) in [5.74, 6) is 0.808. The van der Waals surface area contributed by atoms with Crippen LogP contribution in [-0.4, -0.2) is 79.5 Å². The fourth-order valence-electron chi connectivity index (χ4n) is 8.35. The molecule has 7 N–H and O–H groups in total. The van der Waals surface area contributed by atoms with Gasteiger partial charge in [0.25, 0.3) is 0 Å². The molecule has 2 fully saturated rings. The second-order valence-electron chi connectivity index (χ2n) is 14.8. The van der Waals surface area contributed by atoms with Crippen molar-refractivity contribution in [1.29, 1.82) is 0 Å². The standard InChI is InChI=1S/C43H57N5O2.CH5N/c44-23-25-46-24-9-8-16-39-30-48(43(50)41(45)29-34-18-21-36-13-5-7-15-38(36)27-34)40(28-32-10-2-1-3-11-32)31-47(39)42(49)22-19-33-17-20-35-12-4-6-14-37(35)26-33;1-2/h4-7,12-15,17-18,20-21,26-27,32,39-41,46H,1-3,8-11,16,19,22-25,28-31,44-45H2;2H2,1H3/t39?,40-,41?;/m1./s1. The molecule has 1 aliphatic carbocycles. The highest BCUT2D eigenvalue weighted by Crippen LogP contribution is 2.32. The van der Waals surface area contributed by atoms with Crippen LogP contribution in [0.25, 0.3) is 21.5 Å². The number of carbonyl (C=O) groups excluding carboxylic acids is 2. The van der Waals surface area contributed by atoms with Crippen LogP contribution in [-0.2, 0) is 22.4 Å². The Kier molecular flexibility index (Phi) is 15.5. The zero-order chi connectivity index (χ0) is 36.7. The molecule has 0 radical (unpaired) electrons. The van der Waals surface area contributed by atoms with Crippen molar-refractivity contribution < 1.29 is 9.59 Å². The number of fused-ring (bicyclic) bond motifs is 2. The molecule has 0 bridgehead atoms. The molecule has 280 valence electrons. The quantitative estimate of drug-likeness (QED) is 0.110. The number of nitrogens with two attached hydrogens (primary N) is 3. The first-order valence-electron chi connectivity index (χ1n) is 19.8. The number of nitrogens with one attached hydrogen (secondary N) is 1. The summed E-state index contributed by atoms with van der Waals surface area (Å²) in [7, 11) is 1.50. The van der Waals surface area contributed by atoms with Gasteiger partial charge in [0.1, 0.15) is 0 Å². The molecular weight excluding hydrogens is 645 g/mol. The highest BCUT2D eigenvalue weighted by molar-refractivity contribution is 5.86. The third kappa shape index (κ3) is 10.9. The van der Waals surface area contributed by atoms with E-state index in [1.54, 1.807) is 0 Å². The van der Waals surface area contributed by atoms with Crippen molar-refractivity contribution in [3.8, 4) is 0 Å². The first-order valence-corrected chi connectivity index (χ1v) is 19.8. The third-order valence-electron chi connectivity index (χ3n) is 11.1. The number of nitrogens with zero attached hydrogens (tertiary/aromatic N) is 2. The Morgan fingerprint density at radius 3 is 2.04 bits per heavy atom. The fraction of sp³-hybridized carbons (Fsp3) is 0.500. The maximum absolute atomic E-state index is 14.4. The monoisotopic (exact) mass is 706 g/mol. The third-order valence-corrected chi connectivity index (χ3v) is 11.1. The second-order valence-corrected chi connectivity index (χ2v) is 14.8. The van der Waals surface area contributed by atoms with Crippen LogP contribution in [0.15, 0.2) is 84.9 Å². The minimum atomic E-state index is -0.624. The van der Waals surface area contributed by atoms with Gasteiger partial charge >= 0.3 is 0 Å². The normalized spacial score (nSPS) is 18.6. The first kappa shape index (κ1) is 39.4. The lowest BCUT2D eigenvalue weighted by atomic mass is 9.83. The van der Waals surface area contributed by atoms with Crippen LogP contribution in [0.1, 0.15) is 75.3 Å². The average molecular weight is 707 g/mol. The summed E-state index contributed by atoms with van der Waals surface area (Å²) >= 11 is 0. The van der Waals surface area contributed by atoms with Crippen molar-refractivity contribution in [2.75, 3.05) is 39.8 Å². The van der Waals surface area contributed by atoms with Crippen molar-refractivity contribution in [3.05, 3.63) is 96.1 Å². The largest absolute Gasteiger partial charge is 0.336 e. The van der Waals surface area contributed by atoms with Gasteiger partial charge in [0, 0.05) is 44.7 Å². The Bertz CT molecular complexity index is 1700. The number of rotatable bonds is 15. The summed E-state index contributed by atoms with van der Waals surface area (Å²) < 4.78 is 0. The lowest BCUT2D eigenvalue weighted by molar-refractivity contribution is -0.148. The van der Waals surface area contributed by atoms with Gasteiger partial charge in [0.05, 0.1) is 6.04 Å². The molecule has 0 aromatic heterocycles. The molecule has 2 unspecified atom stereocenters. The molecule has 1 aliphatic heterocycles. The van der Waals surface area contributed by atoms with E-state index in [1.807, 2.05) is 12.1 Å². The number of benzene rings is 4. The molecule has 8 heteroatoms. The topological polar surface area (TPSA) is 131 Å². The molecule has 2 amide bonds. The number of amides is 2. The van der Waals surface area contributed by atoms with Crippen LogP contribution in [0.4, 0.5) is 0 Å². The van der Waals surface area contributed by atoms with E-state index in [0.29, 0.717) is 44.8 Å². The van der Waals surface area contributed by atoms with E-state index in [4.69, 9.17) is 11.5 Å². The van der Waals surface area contributed by atoms with E-state index in [2.05, 4.69) is 93.6 Å². The highest BCUT2D eigenvalue weighted by atomic mass is 16.2. The molecule has 2 aliphatic rings. The van der Waals surface area contributed by atoms with Crippen LogP contribution in [0.5, 0.6) is 0 Å². The van der Waals surface area contributed by atoms with Gasteiger partial charge in [-0.25, -0.2) is 0 Å². The maximum Gasteiger partial charge on any atom is 0.240 e. The minimum absolute atomic E-state index is 0.0136. The summed E-state index contributed by atoms with van der Waals surface area (Å²) in [4.78, 5) is 32.8. The lowest BCUT2D eigenvalue weighted by Crippen LogP contribution is -2.64. The smallest absolute Gasteiger partial charge is 0.240 e. The van der Waals surface area contributed by atoms with E-state index in [-0.39, 0.29) is 23.9 Å². The predicted molar refractivity (Wildman–Crippen MR) is 216 cm³/mol. The van der Waals surface area contributed by atoms with Crippen molar-refractivity contribution in [3.63, 3.8) is 0 Å². The van der Waals surface area contributed by atoms with Gasteiger partial charge in [0.15, 0.2) is 0 Å². The number of hydrogen-bond acceptors (Lipinski definition) is 6. The fourth-order valence-corrected chi connectivity index (χ4v) is 8.35. The Morgan fingerprint density at radius 2 is 1.37 bits per heavy atom. The van der Waals surface area contributed by atoms with E-state index < -0.39 is 6.04 Å². The molecule has 4 aromatic carbocycles. The van der Waals surface area contributed by atoms with Gasteiger partial charge in [-0.3, -0.25) is 9.59 Å². The zero-order valence-electron chi connectivity index (χ0n) is 31.4. The molecule has 1 saturated carbocycles. The van der Waals surface area contributed by atoms with E-state index in [1.165, 1.54) is 60.9 Å². The SMILES string of the molecule is CN.NCCNCCCCC1CN(C(=O)C(N)Cc2ccc3ccccc3c2)[C@H](CC2CCCCC2)CN1C(=O)CCc1ccc2ccccc2c1. The molecule has 8 nitrogen and oxygen atoms in total. The molecule has 6 rings (SSSR count). The summed E-state index contributed by atoms with van der Waals surface area (Å²) in [6.07, 6.45) is 11.7. The van der Waals surface area contributed by atoms with Gasteiger partial charge in [-0.1, -0.05) is 123 Å². The second kappa shape index (κ2) is 20.4. The Balaban J connectivity index is 0.00000257. The number of piperazine rings is 1. The molecule has 4 aromatic rings. The number of carbonyl (C=O) groups is 2. The number of hydrogen-bond donors (Lipinski definition) is 4. The zero-order valence-corrected chi connectivity index (χ0v) is 31.4. The summed E-state index contributed by atoms with van der Waals surface area (Å²) in [6.45, 7) is 3.49. The Morgan fingerprint density at radius 1 is 0.750 bits per heavy atom. The highest BCUT2D eigenvalue weighted by Gasteiger charge is 2.40. The first-order chi connectivity index (χ1) is 25.5. The predicted octanol–water partition coefficient (Wildman–Crippen LogP) is 6.17. The van der Waals surface area contributed by atoms with E-state index >= 15 is 0 Å². The molecular formula is C44H62N6O2.